The van der Waals surface area contributed by atoms with Gasteiger partial charge in [-0.1, -0.05) is 6.07 Å². The Hall–Kier alpha value is -0.480. The van der Waals surface area contributed by atoms with Gasteiger partial charge in [-0.3, -0.25) is 4.79 Å². The smallest absolute Gasteiger partial charge is 0.216 e. The molecule has 1 N–H and O–H groups in total. The number of carbonyl (C=O) groups excluding carboxylic acids is 1. The highest BCUT2D eigenvalue weighted by Crippen LogP contribution is 2.22. The molecule has 1 amide bonds. The van der Waals surface area contributed by atoms with Gasteiger partial charge in [0.2, 0.25) is 5.91 Å². The van der Waals surface area contributed by atoms with Crippen molar-refractivity contribution in [2.45, 2.75) is 11.1 Å². The molecule has 0 aliphatic carbocycles. The molecule has 0 atom stereocenters. The predicted octanol–water partition coefficient (Wildman–Crippen LogP) is 1.98. The summed E-state index contributed by atoms with van der Waals surface area (Å²) in [4.78, 5) is 10.5. The Morgan fingerprint density at radius 3 is 3.17 bits per heavy atom. The summed E-state index contributed by atoms with van der Waals surface area (Å²) >= 11 is 3.50. The summed E-state index contributed by atoms with van der Waals surface area (Å²) in [5, 5.41) is 4.81. The van der Waals surface area contributed by atoms with Crippen LogP contribution in [0, 0.1) is 0 Å². The molecular formula is C8H11NOS2. The third-order valence-corrected chi connectivity index (χ3v) is 3.35. The van der Waals surface area contributed by atoms with E-state index in [1.165, 1.54) is 11.1 Å². The van der Waals surface area contributed by atoms with Crippen molar-refractivity contribution in [3.05, 3.63) is 17.5 Å². The van der Waals surface area contributed by atoms with Crippen molar-refractivity contribution in [1.82, 2.24) is 5.32 Å². The summed E-state index contributed by atoms with van der Waals surface area (Å²) in [6, 6.07) is 4.12. The van der Waals surface area contributed by atoms with Gasteiger partial charge in [-0.25, -0.2) is 0 Å². The van der Waals surface area contributed by atoms with E-state index in [4.69, 9.17) is 0 Å². The number of hydrogen-bond donors (Lipinski definition) is 1. The quantitative estimate of drug-likeness (QED) is 0.596. The average Bonchev–Trinajstić information content (AvgIpc) is 2.49. The molecule has 1 aromatic heterocycles. The molecule has 1 heterocycles. The summed E-state index contributed by atoms with van der Waals surface area (Å²) in [5.41, 5.74) is 0. The molecule has 1 aromatic rings. The molecular weight excluding hydrogens is 190 g/mol. The molecule has 2 nitrogen and oxygen atoms in total. The molecule has 4 heteroatoms. The highest BCUT2D eigenvalue weighted by Gasteiger charge is 1.94. The fraction of sp³-hybridized carbons (Fsp3) is 0.375. The van der Waals surface area contributed by atoms with E-state index >= 15 is 0 Å². The second-order valence-corrected chi connectivity index (χ2v) is 4.61. The topological polar surface area (TPSA) is 29.1 Å². The van der Waals surface area contributed by atoms with E-state index in [-0.39, 0.29) is 5.91 Å². The monoisotopic (exact) mass is 201 g/mol. The van der Waals surface area contributed by atoms with Crippen molar-refractivity contribution >= 4 is 29.0 Å². The van der Waals surface area contributed by atoms with Crippen LogP contribution in [0.25, 0.3) is 0 Å². The maximum absolute atomic E-state index is 10.5. The second-order valence-electron chi connectivity index (χ2n) is 2.26. The molecule has 66 valence electrons. The fourth-order valence-corrected chi connectivity index (χ4v) is 2.44. The Morgan fingerprint density at radius 2 is 2.58 bits per heavy atom. The van der Waals surface area contributed by atoms with Gasteiger partial charge in [-0.05, 0) is 11.4 Å². The molecule has 0 unspecified atom stereocenters. The van der Waals surface area contributed by atoms with Crippen LogP contribution >= 0.6 is 23.1 Å². The third-order valence-electron chi connectivity index (χ3n) is 1.22. The SMILES string of the molecule is CC(=O)NCCSc1cccs1. The molecule has 0 saturated carbocycles. The van der Waals surface area contributed by atoms with E-state index in [2.05, 4.69) is 16.8 Å². The Bertz CT molecular complexity index is 233. The first-order valence-corrected chi connectivity index (χ1v) is 5.56. The number of carbonyl (C=O) groups is 1. The molecule has 0 fully saturated rings. The zero-order valence-electron chi connectivity index (χ0n) is 6.87. The van der Waals surface area contributed by atoms with Gasteiger partial charge < -0.3 is 5.32 Å². The highest BCUT2D eigenvalue weighted by molar-refractivity contribution is 8.01. The van der Waals surface area contributed by atoms with Crippen LogP contribution in [-0.2, 0) is 4.79 Å². The standard InChI is InChI=1S/C8H11NOS2/c1-7(10)9-4-6-12-8-3-2-5-11-8/h2-3,5H,4,6H2,1H3,(H,9,10). The average molecular weight is 201 g/mol. The molecule has 0 spiro atoms. The van der Waals surface area contributed by atoms with E-state index in [1.807, 2.05) is 6.07 Å². The van der Waals surface area contributed by atoms with E-state index in [0.29, 0.717) is 0 Å². The lowest BCUT2D eigenvalue weighted by Gasteiger charge is -1.99. The van der Waals surface area contributed by atoms with Gasteiger partial charge in [0, 0.05) is 19.2 Å². The van der Waals surface area contributed by atoms with Crippen molar-refractivity contribution in [3.8, 4) is 0 Å². The van der Waals surface area contributed by atoms with Gasteiger partial charge in [-0.15, -0.1) is 23.1 Å². The van der Waals surface area contributed by atoms with Crippen LogP contribution in [-0.4, -0.2) is 18.2 Å². The van der Waals surface area contributed by atoms with Gasteiger partial charge in [0.25, 0.3) is 0 Å². The number of thiophene rings is 1. The lowest BCUT2D eigenvalue weighted by atomic mass is 10.6. The Labute approximate surface area is 80.4 Å². The second kappa shape index (κ2) is 5.22. The van der Waals surface area contributed by atoms with E-state index in [1.54, 1.807) is 23.1 Å². The molecule has 0 aliphatic rings. The largest absolute Gasteiger partial charge is 0.356 e. The molecule has 0 aromatic carbocycles. The third kappa shape index (κ3) is 3.78. The minimum Gasteiger partial charge on any atom is -0.356 e. The van der Waals surface area contributed by atoms with E-state index in [9.17, 15) is 4.79 Å². The molecule has 1 rings (SSSR count). The van der Waals surface area contributed by atoms with E-state index in [0.717, 1.165) is 12.3 Å². The molecule has 0 radical (unpaired) electrons. The maximum atomic E-state index is 10.5. The summed E-state index contributed by atoms with van der Waals surface area (Å²) in [6.07, 6.45) is 0. The van der Waals surface area contributed by atoms with Crippen molar-refractivity contribution in [2.24, 2.45) is 0 Å². The Balaban J connectivity index is 2.07. The number of nitrogens with one attached hydrogen (secondary N) is 1. The zero-order valence-corrected chi connectivity index (χ0v) is 8.50. The maximum Gasteiger partial charge on any atom is 0.216 e. The lowest BCUT2D eigenvalue weighted by molar-refractivity contribution is -0.118. The van der Waals surface area contributed by atoms with Crippen LogP contribution in [0.2, 0.25) is 0 Å². The van der Waals surface area contributed by atoms with Crippen molar-refractivity contribution in [3.63, 3.8) is 0 Å². The minimum atomic E-state index is 0.0433. The number of amides is 1. The van der Waals surface area contributed by atoms with Crippen molar-refractivity contribution < 1.29 is 4.79 Å². The summed E-state index contributed by atoms with van der Waals surface area (Å²) in [6.45, 7) is 2.29. The highest BCUT2D eigenvalue weighted by atomic mass is 32.2. The van der Waals surface area contributed by atoms with Crippen LogP contribution in [0.15, 0.2) is 21.7 Å². The van der Waals surface area contributed by atoms with Gasteiger partial charge in [0.05, 0.1) is 4.21 Å². The Morgan fingerprint density at radius 1 is 1.75 bits per heavy atom. The molecule has 0 aliphatic heterocycles. The Kier molecular flexibility index (Phi) is 4.18. The van der Waals surface area contributed by atoms with Crippen LogP contribution in [0.4, 0.5) is 0 Å². The summed E-state index contributed by atoms with van der Waals surface area (Å²) in [7, 11) is 0. The molecule has 12 heavy (non-hydrogen) atoms. The predicted molar refractivity (Wildman–Crippen MR) is 53.7 cm³/mol. The first-order valence-electron chi connectivity index (χ1n) is 3.70. The van der Waals surface area contributed by atoms with Crippen LogP contribution < -0.4 is 5.32 Å². The van der Waals surface area contributed by atoms with Crippen molar-refractivity contribution in [2.75, 3.05) is 12.3 Å². The molecule has 0 bridgehead atoms. The molecule has 0 saturated heterocycles. The van der Waals surface area contributed by atoms with Gasteiger partial charge in [-0.2, -0.15) is 0 Å². The van der Waals surface area contributed by atoms with E-state index < -0.39 is 0 Å². The fourth-order valence-electron chi connectivity index (χ4n) is 0.724. The number of hydrogen-bond acceptors (Lipinski definition) is 3. The summed E-state index contributed by atoms with van der Waals surface area (Å²) in [5.74, 6) is 0.988. The van der Waals surface area contributed by atoms with Crippen molar-refractivity contribution in [1.29, 1.82) is 0 Å². The lowest BCUT2D eigenvalue weighted by Crippen LogP contribution is -2.22. The first kappa shape index (κ1) is 9.61. The number of rotatable bonds is 4. The van der Waals surface area contributed by atoms with Crippen LogP contribution in [0.1, 0.15) is 6.92 Å². The zero-order chi connectivity index (χ0) is 8.81. The van der Waals surface area contributed by atoms with Gasteiger partial charge in [0.1, 0.15) is 0 Å². The minimum absolute atomic E-state index is 0.0433. The normalized spacial score (nSPS) is 9.75. The summed E-state index contributed by atoms with van der Waals surface area (Å²) < 4.78 is 1.31. The van der Waals surface area contributed by atoms with Crippen LogP contribution in [0.3, 0.4) is 0 Å². The van der Waals surface area contributed by atoms with Gasteiger partial charge in [0.15, 0.2) is 0 Å². The van der Waals surface area contributed by atoms with Gasteiger partial charge >= 0.3 is 0 Å². The van der Waals surface area contributed by atoms with Crippen LogP contribution in [0.5, 0.6) is 0 Å². The first-order chi connectivity index (χ1) is 5.79. The number of thioether (sulfide) groups is 1.